The second-order valence-electron chi connectivity index (χ2n) is 5.64. The van der Waals surface area contributed by atoms with Crippen molar-refractivity contribution in [2.75, 3.05) is 0 Å². The Morgan fingerprint density at radius 2 is 1.96 bits per heavy atom. The number of thioether (sulfide) groups is 1. The van der Waals surface area contributed by atoms with Crippen LogP contribution in [0.2, 0.25) is 0 Å². The topological polar surface area (TPSA) is 75.9 Å². The summed E-state index contributed by atoms with van der Waals surface area (Å²) in [6, 6.07) is 15.2. The van der Waals surface area contributed by atoms with E-state index in [0.717, 1.165) is 17.0 Å². The van der Waals surface area contributed by atoms with Crippen molar-refractivity contribution in [3.8, 4) is 11.4 Å². The van der Waals surface area contributed by atoms with Crippen LogP contribution in [0.15, 0.2) is 64.7 Å². The molecular weight excluding hydrogens is 334 g/mol. The molecule has 0 bridgehead atoms. The molecule has 3 aromatic heterocycles. The maximum Gasteiger partial charge on any atom is 0.258 e. The molecule has 3 heterocycles. The predicted molar refractivity (Wildman–Crippen MR) is 97.6 cm³/mol. The van der Waals surface area contributed by atoms with Crippen LogP contribution < -0.4 is 5.56 Å². The zero-order valence-electron chi connectivity index (χ0n) is 13.5. The average molecular weight is 349 g/mol. The van der Waals surface area contributed by atoms with Crippen molar-refractivity contribution in [1.82, 2.24) is 24.6 Å². The van der Waals surface area contributed by atoms with Gasteiger partial charge in [-0.2, -0.15) is 0 Å². The molecule has 25 heavy (non-hydrogen) atoms. The number of aryl methyl sites for hydroxylation is 1. The van der Waals surface area contributed by atoms with Crippen LogP contribution in [0.1, 0.15) is 11.3 Å². The Balaban J connectivity index is 1.54. The number of nitrogens with zero attached hydrogens (tertiary/aromatic N) is 4. The summed E-state index contributed by atoms with van der Waals surface area (Å²) >= 11 is 1.45. The van der Waals surface area contributed by atoms with Crippen LogP contribution in [-0.4, -0.2) is 24.6 Å². The van der Waals surface area contributed by atoms with Gasteiger partial charge in [0.25, 0.3) is 5.56 Å². The molecule has 0 radical (unpaired) electrons. The highest BCUT2D eigenvalue weighted by molar-refractivity contribution is 7.98. The highest BCUT2D eigenvalue weighted by Crippen LogP contribution is 2.21. The van der Waals surface area contributed by atoms with Gasteiger partial charge in [0.15, 0.2) is 5.82 Å². The third kappa shape index (κ3) is 3.32. The molecule has 0 saturated carbocycles. The molecule has 0 amide bonds. The van der Waals surface area contributed by atoms with Gasteiger partial charge in [-0.15, -0.1) is 5.10 Å². The molecule has 1 aromatic carbocycles. The summed E-state index contributed by atoms with van der Waals surface area (Å²) in [5, 5.41) is 7.79. The predicted octanol–water partition coefficient (Wildman–Crippen LogP) is 3.08. The van der Waals surface area contributed by atoms with Gasteiger partial charge in [-0.1, -0.05) is 48.2 Å². The normalized spacial score (nSPS) is 11.1. The van der Waals surface area contributed by atoms with Crippen LogP contribution in [0.4, 0.5) is 0 Å². The van der Waals surface area contributed by atoms with Crippen LogP contribution in [0.3, 0.4) is 0 Å². The number of aromatic nitrogens is 5. The van der Waals surface area contributed by atoms with E-state index >= 15 is 0 Å². The van der Waals surface area contributed by atoms with Gasteiger partial charge in [-0.3, -0.25) is 14.3 Å². The molecule has 1 N–H and O–H groups in total. The fourth-order valence-electron chi connectivity index (χ4n) is 2.51. The van der Waals surface area contributed by atoms with Crippen LogP contribution in [0.5, 0.6) is 0 Å². The third-order valence-corrected chi connectivity index (χ3v) is 4.60. The summed E-state index contributed by atoms with van der Waals surface area (Å²) in [5.74, 6) is 1.26. The Hall–Kier alpha value is -2.93. The Labute approximate surface area is 148 Å². The van der Waals surface area contributed by atoms with E-state index in [2.05, 4.69) is 20.2 Å². The Bertz CT molecular complexity index is 1090. The minimum absolute atomic E-state index is 0.0794. The van der Waals surface area contributed by atoms with Crippen molar-refractivity contribution < 1.29 is 0 Å². The van der Waals surface area contributed by atoms with Crippen molar-refractivity contribution in [1.29, 1.82) is 0 Å². The van der Waals surface area contributed by atoms with Gasteiger partial charge in [0.05, 0.1) is 5.69 Å². The Morgan fingerprint density at radius 3 is 2.80 bits per heavy atom. The number of nitrogens with one attached hydrogen (secondary N) is 1. The molecule has 124 valence electrons. The molecule has 4 rings (SSSR count). The maximum absolute atomic E-state index is 12.2. The lowest BCUT2D eigenvalue weighted by atomic mass is 10.2. The SMILES string of the molecule is Cc1ccc2nc(CSc3n[nH]c(-c4ccccc4)n3)cc(=O)n2c1. The number of rotatable bonds is 4. The molecule has 0 unspecified atom stereocenters. The fraction of sp³-hybridized carbons (Fsp3) is 0.111. The summed E-state index contributed by atoms with van der Waals surface area (Å²) in [4.78, 5) is 21.2. The first-order valence-corrected chi connectivity index (χ1v) is 8.77. The van der Waals surface area contributed by atoms with E-state index in [1.807, 2.05) is 49.4 Å². The molecule has 0 spiro atoms. The van der Waals surface area contributed by atoms with Crippen molar-refractivity contribution >= 4 is 17.4 Å². The minimum atomic E-state index is -0.0794. The van der Waals surface area contributed by atoms with Crippen molar-refractivity contribution in [3.05, 3.63) is 76.3 Å². The molecule has 7 heteroatoms. The first-order chi connectivity index (χ1) is 12.2. The lowest BCUT2D eigenvalue weighted by molar-refractivity contribution is 0.967. The molecule has 0 fully saturated rings. The summed E-state index contributed by atoms with van der Waals surface area (Å²) in [5.41, 5.74) is 3.29. The zero-order chi connectivity index (χ0) is 17.2. The van der Waals surface area contributed by atoms with Gasteiger partial charge in [-0.25, -0.2) is 9.97 Å². The summed E-state index contributed by atoms with van der Waals surface area (Å²) in [7, 11) is 0. The maximum atomic E-state index is 12.2. The monoisotopic (exact) mass is 349 g/mol. The quantitative estimate of drug-likeness (QED) is 0.573. The smallest absolute Gasteiger partial charge is 0.258 e. The number of pyridine rings is 1. The van der Waals surface area contributed by atoms with Crippen LogP contribution in [-0.2, 0) is 5.75 Å². The zero-order valence-corrected chi connectivity index (χ0v) is 14.3. The fourth-order valence-corrected chi connectivity index (χ4v) is 3.20. The van der Waals surface area contributed by atoms with Gasteiger partial charge >= 0.3 is 0 Å². The molecular formula is C18H15N5OS. The van der Waals surface area contributed by atoms with Gasteiger partial charge in [0.2, 0.25) is 5.16 Å². The van der Waals surface area contributed by atoms with E-state index in [1.54, 1.807) is 16.7 Å². The minimum Gasteiger partial charge on any atom is -0.269 e. The summed E-state index contributed by atoms with van der Waals surface area (Å²) < 4.78 is 1.56. The molecule has 0 atom stereocenters. The standard InChI is InChI=1S/C18H15N5OS/c1-12-7-8-15-19-14(9-16(24)23(15)10-12)11-25-18-20-17(21-22-18)13-5-3-2-4-6-13/h2-10H,11H2,1H3,(H,20,21,22). The van der Waals surface area contributed by atoms with Crippen LogP contribution >= 0.6 is 11.8 Å². The van der Waals surface area contributed by atoms with Gasteiger partial charge in [-0.05, 0) is 18.6 Å². The summed E-state index contributed by atoms with van der Waals surface area (Å²) in [6.45, 7) is 1.95. The van der Waals surface area contributed by atoms with E-state index in [9.17, 15) is 4.79 Å². The number of aromatic amines is 1. The van der Waals surface area contributed by atoms with Crippen molar-refractivity contribution in [2.24, 2.45) is 0 Å². The number of fused-ring (bicyclic) bond motifs is 1. The third-order valence-electron chi connectivity index (χ3n) is 3.72. The highest BCUT2D eigenvalue weighted by Gasteiger charge is 2.08. The second kappa shape index (κ2) is 6.52. The van der Waals surface area contributed by atoms with Crippen molar-refractivity contribution in [2.45, 2.75) is 17.8 Å². The molecule has 0 aliphatic heterocycles. The van der Waals surface area contributed by atoms with Crippen molar-refractivity contribution in [3.63, 3.8) is 0 Å². The Kier molecular flexibility index (Phi) is 4.07. The molecule has 0 aliphatic rings. The Morgan fingerprint density at radius 1 is 1.12 bits per heavy atom. The first kappa shape index (κ1) is 15.6. The molecule has 0 aliphatic carbocycles. The highest BCUT2D eigenvalue weighted by atomic mass is 32.2. The number of H-pyrrole nitrogens is 1. The summed E-state index contributed by atoms with van der Waals surface area (Å²) in [6.07, 6.45) is 1.79. The van der Waals surface area contributed by atoms with Gasteiger partial charge in [0.1, 0.15) is 5.65 Å². The van der Waals surface area contributed by atoms with E-state index in [4.69, 9.17) is 0 Å². The largest absolute Gasteiger partial charge is 0.269 e. The first-order valence-electron chi connectivity index (χ1n) is 7.78. The lowest BCUT2D eigenvalue weighted by Crippen LogP contribution is -2.15. The number of benzene rings is 1. The van der Waals surface area contributed by atoms with E-state index in [-0.39, 0.29) is 5.56 Å². The molecule has 0 saturated heterocycles. The van der Waals surface area contributed by atoms with E-state index in [0.29, 0.717) is 22.3 Å². The van der Waals surface area contributed by atoms with Gasteiger partial charge in [0, 0.05) is 23.6 Å². The van der Waals surface area contributed by atoms with Gasteiger partial charge < -0.3 is 0 Å². The lowest BCUT2D eigenvalue weighted by Gasteiger charge is -2.03. The number of hydrogen-bond acceptors (Lipinski definition) is 5. The molecule has 6 nitrogen and oxygen atoms in total. The average Bonchev–Trinajstić information content (AvgIpc) is 3.10. The number of hydrogen-bond donors (Lipinski definition) is 1. The van der Waals surface area contributed by atoms with Crippen LogP contribution in [0.25, 0.3) is 17.0 Å². The second-order valence-corrected chi connectivity index (χ2v) is 6.58. The van der Waals surface area contributed by atoms with Crippen LogP contribution in [0, 0.1) is 6.92 Å². The van der Waals surface area contributed by atoms with E-state index < -0.39 is 0 Å². The van der Waals surface area contributed by atoms with E-state index in [1.165, 1.54) is 11.8 Å². The molecule has 4 aromatic rings.